The van der Waals surface area contributed by atoms with Crippen LogP contribution in [0.3, 0.4) is 0 Å². The molecule has 0 bridgehead atoms. The van der Waals surface area contributed by atoms with Crippen molar-refractivity contribution >= 4 is 27.7 Å². The summed E-state index contributed by atoms with van der Waals surface area (Å²) < 4.78 is 26.1. The number of sulfonamides is 1. The van der Waals surface area contributed by atoms with E-state index in [0.29, 0.717) is 18.4 Å². The third-order valence-electron chi connectivity index (χ3n) is 4.06. The maximum Gasteiger partial charge on any atom is 0.326 e. The van der Waals surface area contributed by atoms with Crippen LogP contribution in [0.5, 0.6) is 0 Å². The number of carbonyl (C=O) groups excluding carboxylic acids is 2. The average molecular weight is 398 g/mol. The second kappa shape index (κ2) is 10.2. The van der Waals surface area contributed by atoms with Crippen LogP contribution >= 0.6 is 0 Å². The highest BCUT2D eigenvalue weighted by molar-refractivity contribution is 7.89. The van der Waals surface area contributed by atoms with Crippen LogP contribution in [-0.4, -0.2) is 55.1 Å². The molecular formula is C18H26N2O6S. The summed E-state index contributed by atoms with van der Waals surface area (Å²) in [5, 5.41) is 11.5. The quantitative estimate of drug-likeness (QED) is 0.547. The molecule has 0 saturated heterocycles. The molecule has 0 aromatic heterocycles. The van der Waals surface area contributed by atoms with Gasteiger partial charge in [0.2, 0.25) is 15.9 Å². The number of aliphatic carboxylic acids is 1. The van der Waals surface area contributed by atoms with E-state index in [1.54, 1.807) is 0 Å². The van der Waals surface area contributed by atoms with Gasteiger partial charge in [0.15, 0.2) is 5.78 Å². The number of hydrogen-bond acceptors (Lipinski definition) is 5. The van der Waals surface area contributed by atoms with Crippen molar-refractivity contribution in [1.82, 2.24) is 9.62 Å². The van der Waals surface area contributed by atoms with Crippen LogP contribution in [0.25, 0.3) is 0 Å². The van der Waals surface area contributed by atoms with E-state index in [9.17, 15) is 22.8 Å². The van der Waals surface area contributed by atoms with E-state index >= 15 is 0 Å². The molecule has 1 amide bonds. The van der Waals surface area contributed by atoms with Gasteiger partial charge in [-0.1, -0.05) is 25.5 Å². The minimum atomic E-state index is -3.73. The molecular weight excluding hydrogens is 372 g/mol. The van der Waals surface area contributed by atoms with E-state index in [2.05, 4.69) is 5.32 Å². The molecule has 1 unspecified atom stereocenters. The third kappa shape index (κ3) is 6.76. The molecule has 0 aliphatic rings. The molecule has 0 aliphatic heterocycles. The second-order valence-electron chi connectivity index (χ2n) is 6.26. The fourth-order valence-corrected chi connectivity index (χ4v) is 3.65. The molecule has 0 fully saturated rings. The van der Waals surface area contributed by atoms with Crippen molar-refractivity contribution in [2.24, 2.45) is 0 Å². The van der Waals surface area contributed by atoms with Crippen molar-refractivity contribution < 1.29 is 27.9 Å². The Balaban J connectivity index is 2.60. The second-order valence-corrected chi connectivity index (χ2v) is 8.30. The first-order valence-corrected chi connectivity index (χ1v) is 10.1. The predicted molar refractivity (Wildman–Crippen MR) is 100.0 cm³/mol. The molecule has 27 heavy (non-hydrogen) atoms. The molecule has 1 aromatic rings. The Morgan fingerprint density at radius 1 is 1.19 bits per heavy atom. The van der Waals surface area contributed by atoms with E-state index in [1.165, 1.54) is 38.2 Å². The van der Waals surface area contributed by atoms with Crippen molar-refractivity contribution in [1.29, 1.82) is 0 Å². The molecule has 8 nitrogen and oxygen atoms in total. The number of carboxylic acid groups (broad SMARTS) is 1. The molecule has 0 aliphatic carbocycles. The van der Waals surface area contributed by atoms with Crippen molar-refractivity contribution in [2.75, 3.05) is 13.6 Å². The van der Waals surface area contributed by atoms with Crippen molar-refractivity contribution in [3.63, 3.8) is 0 Å². The summed E-state index contributed by atoms with van der Waals surface area (Å²) in [5.74, 6) is -1.66. The monoisotopic (exact) mass is 398 g/mol. The summed E-state index contributed by atoms with van der Waals surface area (Å²) >= 11 is 0. The molecule has 2 N–H and O–H groups in total. The van der Waals surface area contributed by atoms with Crippen molar-refractivity contribution in [2.45, 2.75) is 50.5 Å². The van der Waals surface area contributed by atoms with E-state index in [4.69, 9.17) is 5.11 Å². The first-order chi connectivity index (χ1) is 12.6. The van der Waals surface area contributed by atoms with Gasteiger partial charge >= 0.3 is 5.97 Å². The number of benzene rings is 1. The van der Waals surface area contributed by atoms with E-state index in [1.807, 2.05) is 6.92 Å². The Hall–Kier alpha value is -2.26. The summed E-state index contributed by atoms with van der Waals surface area (Å²) in [6, 6.07) is 4.73. The molecule has 0 heterocycles. The summed E-state index contributed by atoms with van der Waals surface area (Å²) in [4.78, 5) is 34.2. The lowest BCUT2D eigenvalue weighted by atomic mass is 10.1. The SMILES string of the molecule is CCCC(NC(=O)CCCN(C)S(=O)(=O)c1ccc(C(C)=O)cc1)C(=O)O. The number of carbonyl (C=O) groups is 3. The fraction of sp³-hybridized carbons (Fsp3) is 0.500. The predicted octanol–water partition coefficient (Wildman–Crippen LogP) is 1.66. The number of nitrogens with zero attached hydrogens (tertiary/aromatic N) is 1. The Labute approximate surface area is 159 Å². The fourth-order valence-electron chi connectivity index (χ4n) is 2.44. The van der Waals surface area contributed by atoms with E-state index in [0.717, 1.165) is 4.31 Å². The van der Waals surface area contributed by atoms with Gasteiger partial charge in [-0.3, -0.25) is 9.59 Å². The maximum atomic E-state index is 12.5. The number of amides is 1. The highest BCUT2D eigenvalue weighted by atomic mass is 32.2. The highest BCUT2D eigenvalue weighted by Crippen LogP contribution is 2.16. The first-order valence-electron chi connectivity index (χ1n) is 8.69. The zero-order valence-corrected chi connectivity index (χ0v) is 16.6. The topological polar surface area (TPSA) is 121 Å². The largest absolute Gasteiger partial charge is 0.480 e. The molecule has 9 heteroatoms. The molecule has 0 spiro atoms. The lowest BCUT2D eigenvalue weighted by Gasteiger charge is -2.18. The number of rotatable bonds is 11. The minimum Gasteiger partial charge on any atom is -0.480 e. The van der Waals surface area contributed by atoms with Crippen LogP contribution in [0.1, 0.15) is 49.9 Å². The van der Waals surface area contributed by atoms with Crippen LogP contribution in [-0.2, 0) is 19.6 Å². The van der Waals surface area contributed by atoms with Crippen LogP contribution in [0.4, 0.5) is 0 Å². The zero-order chi connectivity index (χ0) is 20.6. The van der Waals surface area contributed by atoms with Gasteiger partial charge in [0, 0.05) is 25.6 Å². The Morgan fingerprint density at radius 3 is 2.26 bits per heavy atom. The lowest BCUT2D eigenvalue weighted by molar-refractivity contribution is -0.142. The molecule has 0 radical (unpaired) electrons. The first kappa shape index (κ1) is 22.8. The standard InChI is InChI=1S/C18H26N2O6S/c1-4-6-16(18(23)24)19-17(22)7-5-12-20(3)27(25,26)15-10-8-14(9-11-15)13(2)21/h8-11,16H,4-7,12H2,1-3H3,(H,19,22)(H,23,24). The number of Topliss-reactive ketones (excluding diaryl/α,β-unsaturated/α-hetero) is 1. The smallest absolute Gasteiger partial charge is 0.326 e. The normalized spacial score (nSPS) is 12.6. The van der Waals surface area contributed by atoms with Crippen LogP contribution in [0, 0.1) is 0 Å². The summed E-state index contributed by atoms with van der Waals surface area (Å²) in [6.45, 7) is 3.33. The van der Waals surface area contributed by atoms with Gasteiger partial charge in [0.1, 0.15) is 6.04 Å². The van der Waals surface area contributed by atoms with Gasteiger partial charge in [0.05, 0.1) is 4.90 Å². The number of hydrogen-bond donors (Lipinski definition) is 2. The molecule has 1 rings (SSSR count). The third-order valence-corrected chi connectivity index (χ3v) is 5.93. The van der Waals surface area contributed by atoms with Crippen LogP contribution < -0.4 is 5.32 Å². The Bertz CT molecular complexity index is 774. The van der Waals surface area contributed by atoms with Gasteiger partial charge < -0.3 is 10.4 Å². The molecule has 1 aromatic carbocycles. The van der Waals surface area contributed by atoms with Crippen molar-refractivity contribution in [3.8, 4) is 0 Å². The van der Waals surface area contributed by atoms with Gasteiger partial charge in [-0.25, -0.2) is 17.5 Å². The summed E-state index contributed by atoms with van der Waals surface area (Å²) in [5.41, 5.74) is 0.424. The van der Waals surface area contributed by atoms with Gasteiger partial charge in [-0.2, -0.15) is 0 Å². The minimum absolute atomic E-state index is 0.0244. The average Bonchev–Trinajstić information content (AvgIpc) is 2.61. The van der Waals surface area contributed by atoms with E-state index in [-0.39, 0.29) is 30.1 Å². The summed E-state index contributed by atoms with van der Waals surface area (Å²) in [6.07, 6.45) is 1.24. The lowest BCUT2D eigenvalue weighted by Crippen LogP contribution is -2.40. The van der Waals surface area contributed by atoms with Crippen molar-refractivity contribution in [3.05, 3.63) is 29.8 Å². The van der Waals surface area contributed by atoms with E-state index < -0.39 is 27.9 Å². The van der Waals surface area contributed by atoms with Crippen LogP contribution in [0.2, 0.25) is 0 Å². The maximum absolute atomic E-state index is 12.5. The Kier molecular flexibility index (Phi) is 8.58. The number of nitrogens with one attached hydrogen (secondary N) is 1. The number of ketones is 1. The highest BCUT2D eigenvalue weighted by Gasteiger charge is 2.22. The number of carboxylic acids is 1. The Morgan fingerprint density at radius 2 is 1.78 bits per heavy atom. The van der Waals surface area contributed by atoms with Crippen LogP contribution in [0.15, 0.2) is 29.2 Å². The molecule has 0 saturated carbocycles. The summed E-state index contributed by atoms with van der Waals surface area (Å²) in [7, 11) is -2.32. The van der Waals surface area contributed by atoms with Gasteiger partial charge in [0.25, 0.3) is 0 Å². The zero-order valence-electron chi connectivity index (χ0n) is 15.8. The molecule has 150 valence electrons. The van der Waals surface area contributed by atoms with Gasteiger partial charge in [-0.15, -0.1) is 0 Å². The molecule has 1 atom stereocenters. The van der Waals surface area contributed by atoms with Gasteiger partial charge in [-0.05, 0) is 31.9 Å².